The van der Waals surface area contributed by atoms with E-state index in [9.17, 15) is 0 Å². The molecule has 2 heterocycles. The van der Waals surface area contributed by atoms with Crippen molar-refractivity contribution in [1.29, 1.82) is 0 Å². The third kappa shape index (κ3) is 7.40. The van der Waals surface area contributed by atoms with Gasteiger partial charge in [-0.05, 0) is 79.8 Å². The predicted molar refractivity (Wildman–Crippen MR) is 142 cm³/mol. The molecule has 4 rings (SSSR count). The molecular weight excluding hydrogens is 577 g/mol. The molecule has 1 aliphatic rings. The zero-order valence-corrected chi connectivity index (χ0v) is 23.6. The van der Waals surface area contributed by atoms with Crippen LogP contribution in [-0.2, 0) is 23.7 Å². The van der Waals surface area contributed by atoms with Crippen molar-refractivity contribution in [2.24, 2.45) is 0 Å². The van der Waals surface area contributed by atoms with Crippen molar-refractivity contribution >= 4 is 13.4 Å². The van der Waals surface area contributed by atoms with E-state index in [0.29, 0.717) is 0 Å². The van der Waals surface area contributed by atoms with Gasteiger partial charge in [-0.25, -0.2) is 0 Å². The molecule has 0 atom stereocenters. The topological polar surface area (TPSA) is 19.4 Å². The van der Waals surface area contributed by atoms with Crippen LogP contribution in [0.3, 0.4) is 0 Å². The number of hydrogen-bond donors (Lipinski definition) is 0. The molecule has 0 spiro atoms. The Hall–Kier alpha value is -2.19. The normalized spacial score (nSPS) is 12.0. The minimum absolute atomic E-state index is 0.802. The van der Waals surface area contributed by atoms with Gasteiger partial charge >= 0.3 is 30.6 Å². The van der Waals surface area contributed by atoms with Crippen molar-refractivity contribution in [1.82, 2.24) is 14.8 Å². The van der Waals surface area contributed by atoms with Gasteiger partial charge in [0, 0.05) is 31.7 Å². The molecule has 3 aromatic rings. The first kappa shape index (κ1) is 28.1. The first-order valence-electron chi connectivity index (χ1n) is 11.1. The van der Waals surface area contributed by atoms with Gasteiger partial charge in [-0.2, -0.15) is 0 Å². The summed E-state index contributed by atoms with van der Waals surface area (Å²) in [4.78, 5) is 8.36. The minimum atomic E-state index is 0.802. The number of pyridine rings is 1. The number of aromatic nitrogens is 1. The Kier molecular flexibility index (Phi) is 11.8. The first-order chi connectivity index (χ1) is 16.4. The van der Waals surface area contributed by atoms with Gasteiger partial charge < -0.3 is 14.8 Å². The number of benzene rings is 2. The standard InChI is InChI=1S/C18H24N2.C11H8N.BrH.Pd/c1-7-8-19-9-10-20(12-19)11-18-16(5)14(3)13(2)15(4)17(18)6;1-2-6-10(7-3-1)11-8-4-5-9-12-11;;/h7,9-10H,1,8,11H2,2-6H3;1-6,8-9H;1H;/q;-1;;+2/p-1. The molecule has 0 aliphatic carbocycles. The van der Waals surface area contributed by atoms with Crippen molar-refractivity contribution in [2.75, 3.05) is 6.54 Å². The number of halogens is 1. The Balaban J connectivity index is 0.000000248. The zero-order valence-electron chi connectivity index (χ0n) is 20.5. The summed E-state index contributed by atoms with van der Waals surface area (Å²) in [6, 6.07) is 16.8. The van der Waals surface area contributed by atoms with Gasteiger partial charge in [-0.15, -0.1) is 42.5 Å². The van der Waals surface area contributed by atoms with Gasteiger partial charge in [-0.1, -0.05) is 18.2 Å². The van der Waals surface area contributed by atoms with E-state index in [1.807, 2.05) is 59.6 Å². The molecule has 1 aromatic heterocycles. The fraction of sp³-hybridized carbons (Fsp3) is 0.241. The predicted octanol–water partition coefficient (Wildman–Crippen LogP) is 7.39. The quantitative estimate of drug-likeness (QED) is 0.171. The maximum absolute atomic E-state index is 4.22. The molecule has 1 aliphatic heterocycles. The van der Waals surface area contributed by atoms with E-state index < -0.39 is 0 Å². The molecule has 5 heteroatoms. The van der Waals surface area contributed by atoms with Gasteiger partial charge in [0.15, 0.2) is 0 Å². The third-order valence-electron chi connectivity index (χ3n) is 6.14. The fourth-order valence-corrected chi connectivity index (χ4v) is 3.78. The van der Waals surface area contributed by atoms with Crippen LogP contribution in [0.5, 0.6) is 0 Å². The second-order valence-electron chi connectivity index (χ2n) is 8.06. The monoisotopic (exact) mass is 607 g/mol. The van der Waals surface area contributed by atoms with Crippen molar-refractivity contribution in [3.63, 3.8) is 0 Å². The molecule has 2 aromatic carbocycles. The average Bonchev–Trinajstić information content (AvgIpc) is 3.34. The van der Waals surface area contributed by atoms with Crippen LogP contribution in [0.1, 0.15) is 33.4 Å². The van der Waals surface area contributed by atoms with Crippen molar-refractivity contribution in [3.05, 3.63) is 120 Å². The average molecular weight is 609 g/mol. The Labute approximate surface area is 223 Å². The molecular formula is C29H32BrN3Pd. The summed E-state index contributed by atoms with van der Waals surface area (Å²) in [5.41, 5.74) is 10.5. The minimum Gasteiger partial charge on any atom is -0.305 e. The number of hydrogen-bond acceptors (Lipinski definition) is 3. The maximum Gasteiger partial charge on any atom is 0.0160 e. The van der Waals surface area contributed by atoms with Crippen molar-refractivity contribution in [3.8, 4) is 11.3 Å². The Morgan fingerprint density at radius 3 is 2.09 bits per heavy atom. The summed E-state index contributed by atoms with van der Waals surface area (Å²) in [6.45, 7) is 19.9. The van der Waals surface area contributed by atoms with Crippen LogP contribution in [0.2, 0.25) is 0 Å². The molecule has 2 radical (unpaired) electrons. The van der Waals surface area contributed by atoms with Crippen LogP contribution in [0, 0.1) is 47.4 Å². The van der Waals surface area contributed by atoms with Gasteiger partial charge in [-0.3, -0.25) is 0 Å². The van der Waals surface area contributed by atoms with E-state index in [2.05, 4.69) is 101 Å². The van der Waals surface area contributed by atoms with E-state index in [4.69, 9.17) is 0 Å². The summed E-state index contributed by atoms with van der Waals surface area (Å²) in [6.07, 6.45) is 7.79. The second kappa shape index (κ2) is 14.3. The van der Waals surface area contributed by atoms with Crippen LogP contribution in [0.25, 0.3) is 11.3 Å². The molecule has 0 N–H and O–H groups in total. The fourth-order valence-electron chi connectivity index (χ4n) is 3.78. The van der Waals surface area contributed by atoms with Gasteiger partial charge in [0.1, 0.15) is 0 Å². The molecule has 0 unspecified atom stereocenters. The summed E-state index contributed by atoms with van der Waals surface area (Å²) >= 11 is 5.35. The van der Waals surface area contributed by atoms with Crippen molar-refractivity contribution in [2.45, 2.75) is 41.2 Å². The summed E-state index contributed by atoms with van der Waals surface area (Å²) in [5.74, 6) is 0. The molecule has 0 bridgehead atoms. The Bertz CT molecular complexity index is 1020. The van der Waals surface area contributed by atoms with E-state index in [1.165, 1.54) is 33.4 Å². The first-order valence-corrected chi connectivity index (χ1v) is 14.6. The van der Waals surface area contributed by atoms with Gasteiger partial charge in [0.2, 0.25) is 6.67 Å². The smallest absolute Gasteiger partial charge is 0.0160 e. The molecule has 0 saturated heterocycles. The Morgan fingerprint density at radius 2 is 1.53 bits per heavy atom. The van der Waals surface area contributed by atoms with Crippen LogP contribution < -0.4 is 0 Å². The molecule has 0 fully saturated rings. The largest absolute Gasteiger partial charge is 0.305 e. The molecule has 3 nitrogen and oxygen atoms in total. The molecule has 34 heavy (non-hydrogen) atoms. The van der Waals surface area contributed by atoms with Crippen LogP contribution >= 0.6 is 13.4 Å². The summed E-state index contributed by atoms with van der Waals surface area (Å²) < 4.78 is 0. The SMILES string of the molecule is C=CCN1[C]N(Cc2c(C)c(C)c(C)c(C)c2C)C=C1.[Br][Pd+].[c-]1ccccc1-c1ccccn1. The van der Waals surface area contributed by atoms with E-state index in [1.54, 1.807) is 6.20 Å². The van der Waals surface area contributed by atoms with Gasteiger partial charge in [0.05, 0.1) is 0 Å². The second-order valence-corrected chi connectivity index (χ2v) is 8.06. The summed E-state index contributed by atoms with van der Waals surface area (Å²) in [7, 11) is 0. The Morgan fingerprint density at radius 1 is 0.912 bits per heavy atom. The molecule has 180 valence electrons. The van der Waals surface area contributed by atoms with E-state index in [-0.39, 0.29) is 0 Å². The van der Waals surface area contributed by atoms with E-state index >= 15 is 0 Å². The molecule has 0 amide bonds. The van der Waals surface area contributed by atoms with Crippen LogP contribution in [-0.4, -0.2) is 21.3 Å². The van der Waals surface area contributed by atoms with Crippen LogP contribution in [0.4, 0.5) is 0 Å². The molecule has 0 saturated carbocycles. The van der Waals surface area contributed by atoms with E-state index in [0.717, 1.165) is 24.3 Å². The third-order valence-corrected chi connectivity index (χ3v) is 6.14. The number of rotatable bonds is 5. The van der Waals surface area contributed by atoms with Crippen LogP contribution in [0.15, 0.2) is 73.7 Å². The summed E-state index contributed by atoms with van der Waals surface area (Å²) in [5, 5.41) is 0. The number of nitrogens with zero attached hydrogens (tertiary/aromatic N) is 3. The maximum atomic E-state index is 4.22. The zero-order chi connectivity index (χ0) is 25.1. The van der Waals surface area contributed by atoms with Crippen molar-refractivity contribution < 1.29 is 17.2 Å². The van der Waals surface area contributed by atoms with Gasteiger partial charge in [0.25, 0.3) is 0 Å².